The Morgan fingerprint density at radius 1 is 1.06 bits per heavy atom. The lowest BCUT2D eigenvalue weighted by Gasteiger charge is -2.07. The number of pyridine rings is 1. The van der Waals surface area contributed by atoms with Crippen molar-refractivity contribution in [1.82, 2.24) is 14.6 Å². The molecule has 0 aliphatic rings. The maximum atomic E-state index is 5.77. The topological polar surface area (TPSA) is 39.4 Å². The minimum absolute atomic E-state index is 0.413. The Balaban J connectivity index is 1.83. The zero-order chi connectivity index (χ0) is 12.4. The molecule has 3 aromatic rings. The number of aryl methyl sites for hydroxylation is 1. The molecular formula is C14H13N3O. The van der Waals surface area contributed by atoms with Crippen LogP contribution in [-0.4, -0.2) is 14.6 Å². The normalized spacial score (nSPS) is 10.7. The highest BCUT2D eigenvalue weighted by atomic mass is 16.5. The molecule has 0 atom stereocenters. The average molecular weight is 239 g/mol. The van der Waals surface area contributed by atoms with Crippen LogP contribution in [0.5, 0.6) is 5.75 Å². The highest BCUT2D eigenvalue weighted by molar-refractivity contribution is 5.37. The molecular weight excluding hydrogens is 226 g/mol. The smallest absolute Gasteiger partial charge is 0.175 e. The van der Waals surface area contributed by atoms with Gasteiger partial charge in [0, 0.05) is 6.20 Å². The van der Waals surface area contributed by atoms with E-state index in [-0.39, 0.29) is 0 Å². The molecule has 0 saturated carbocycles. The molecule has 0 spiro atoms. The van der Waals surface area contributed by atoms with E-state index in [1.807, 2.05) is 60.0 Å². The van der Waals surface area contributed by atoms with Gasteiger partial charge in [-0.3, -0.25) is 4.40 Å². The van der Waals surface area contributed by atoms with E-state index >= 15 is 0 Å². The highest BCUT2D eigenvalue weighted by Gasteiger charge is 2.05. The van der Waals surface area contributed by atoms with E-state index in [1.54, 1.807) is 0 Å². The van der Waals surface area contributed by atoms with E-state index in [0.717, 1.165) is 22.8 Å². The first-order valence-electron chi connectivity index (χ1n) is 5.82. The quantitative estimate of drug-likeness (QED) is 0.705. The maximum absolute atomic E-state index is 5.77. The Hall–Kier alpha value is -2.36. The summed E-state index contributed by atoms with van der Waals surface area (Å²) < 4.78 is 7.69. The van der Waals surface area contributed by atoms with Crippen LogP contribution in [-0.2, 0) is 6.61 Å². The number of para-hydroxylation sites is 1. The molecule has 0 aliphatic heterocycles. The van der Waals surface area contributed by atoms with Gasteiger partial charge in [0.1, 0.15) is 12.4 Å². The summed E-state index contributed by atoms with van der Waals surface area (Å²) in [5.74, 6) is 1.68. The van der Waals surface area contributed by atoms with E-state index in [9.17, 15) is 0 Å². The van der Waals surface area contributed by atoms with Gasteiger partial charge in [0.25, 0.3) is 0 Å². The molecule has 0 aliphatic carbocycles. The largest absolute Gasteiger partial charge is 0.485 e. The average Bonchev–Trinajstić information content (AvgIpc) is 2.81. The molecule has 0 radical (unpaired) electrons. The van der Waals surface area contributed by atoms with Crippen molar-refractivity contribution in [3.63, 3.8) is 0 Å². The van der Waals surface area contributed by atoms with Crippen molar-refractivity contribution < 1.29 is 4.74 Å². The third-order valence-corrected chi connectivity index (χ3v) is 2.83. The minimum Gasteiger partial charge on any atom is -0.485 e. The maximum Gasteiger partial charge on any atom is 0.175 e. The SMILES string of the molecule is Cc1ccccc1OCc1nnc2ccccn12. The summed E-state index contributed by atoms with van der Waals surface area (Å²) in [7, 11) is 0. The van der Waals surface area contributed by atoms with Crippen molar-refractivity contribution in [2.75, 3.05) is 0 Å². The third kappa shape index (κ3) is 1.93. The van der Waals surface area contributed by atoms with Crippen molar-refractivity contribution >= 4 is 5.65 Å². The minimum atomic E-state index is 0.413. The van der Waals surface area contributed by atoms with Gasteiger partial charge in [-0.15, -0.1) is 10.2 Å². The second kappa shape index (κ2) is 4.49. The lowest BCUT2D eigenvalue weighted by molar-refractivity contribution is 0.292. The highest BCUT2D eigenvalue weighted by Crippen LogP contribution is 2.17. The van der Waals surface area contributed by atoms with Crippen LogP contribution in [0.2, 0.25) is 0 Å². The molecule has 0 fully saturated rings. The fourth-order valence-corrected chi connectivity index (χ4v) is 1.85. The molecule has 0 saturated heterocycles. The van der Waals surface area contributed by atoms with Gasteiger partial charge in [0.2, 0.25) is 0 Å². The molecule has 4 nitrogen and oxygen atoms in total. The van der Waals surface area contributed by atoms with Crippen molar-refractivity contribution in [3.8, 4) is 5.75 Å². The van der Waals surface area contributed by atoms with Crippen LogP contribution in [0.15, 0.2) is 48.7 Å². The molecule has 0 bridgehead atoms. The molecule has 18 heavy (non-hydrogen) atoms. The summed E-state index contributed by atoms with van der Waals surface area (Å²) in [5, 5.41) is 8.21. The van der Waals surface area contributed by atoms with E-state index < -0.39 is 0 Å². The van der Waals surface area contributed by atoms with Gasteiger partial charge in [-0.05, 0) is 30.7 Å². The molecule has 0 unspecified atom stereocenters. The van der Waals surface area contributed by atoms with Gasteiger partial charge in [0.15, 0.2) is 11.5 Å². The second-order valence-corrected chi connectivity index (χ2v) is 4.10. The van der Waals surface area contributed by atoms with Crippen LogP contribution in [0.4, 0.5) is 0 Å². The second-order valence-electron chi connectivity index (χ2n) is 4.10. The van der Waals surface area contributed by atoms with Gasteiger partial charge < -0.3 is 4.74 Å². The fraction of sp³-hybridized carbons (Fsp3) is 0.143. The number of rotatable bonds is 3. The van der Waals surface area contributed by atoms with Gasteiger partial charge >= 0.3 is 0 Å². The summed E-state index contributed by atoms with van der Waals surface area (Å²) in [5.41, 5.74) is 1.95. The van der Waals surface area contributed by atoms with Crippen LogP contribution in [0, 0.1) is 6.92 Å². The number of nitrogens with zero attached hydrogens (tertiary/aromatic N) is 3. The molecule has 2 aromatic heterocycles. The number of hydrogen-bond acceptors (Lipinski definition) is 3. The number of hydrogen-bond donors (Lipinski definition) is 0. The Labute approximate surface area is 105 Å². The van der Waals surface area contributed by atoms with Crippen molar-refractivity contribution in [3.05, 3.63) is 60.0 Å². The summed E-state index contributed by atoms with van der Waals surface area (Å²) >= 11 is 0. The summed E-state index contributed by atoms with van der Waals surface area (Å²) in [6.45, 7) is 2.44. The predicted molar refractivity (Wildman–Crippen MR) is 68.5 cm³/mol. The van der Waals surface area contributed by atoms with Crippen molar-refractivity contribution in [2.45, 2.75) is 13.5 Å². The zero-order valence-electron chi connectivity index (χ0n) is 10.1. The van der Waals surface area contributed by atoms with E-state index in [1.165, 1.54) is 0 Å². The molecule has 1 aromatic carbocycles. The lowest BCUT2D eigenvalue weighted by atomic mass is 10.2. The van der Waals surface area contributed by atoms with Crippen molar-refractivity contribution in [2.24, 2.45) is 0 Å². The Morgan fingerprint density at radius 3 is 2.78 bits per heavy atom. The fourth-order valence-electron chi connectivity index (χ4n) is 1.85. The Morgan fingerprint density at radius 2 is 1.89 bits per heavy atom. The van der Waals surface area contributed by atoms with Gasteiger partial charge in [0.05, 0.1) is 0 Å². The molecule has 90 valence electrons. The molecule has 0 amide bonds. The van der Waals surface area contributed by atoms with Crippen LogP contribution in [0.1, 0.15) is 11.4 Å². The molecule has 2 heterocycles. The van der Waals surface area contributed by atoms with Gasteiger partial charge in [-0.1, -0.05) is 24.3 Å². The summed E-state index contributed by atoms with van der Waals surface area (Å²) in [4.78, 5) is 0. The Bertz CT molecular complexity index is 675. The van der Waals surface area contributed by atoms with Crippen LogP contribution >= 0.6 is 0 Å². The molecule has 4 heteroatoms. The Kier molecular flexibility index (Phi) is 2.68. The zero-order valence-corrected chi connectivity index (χ0v) is 10.1. The first-order valence-corrected chi connectivity index (χ1v) is 5.82. The number of fused-ring (bicyclic) bond motifs is 1. The lowest BCUT2D eigenvalue weighted by Crippen LogP contribution is -2.01. The summed E-state index contributed by atoms with van der Waals surface area (Å²) in [6.07, 6.45) is 1.94. The monoisotopic (exact) mass is 239 g/mol. The first kappa shape index (κ1) is 10.8. The van der Waals surface area contributed by atoms with E-state index in [0.29, 0.717) is 6.61 Å². The first-order chi connectivity index (χ1) is 8.84. The van der Waals surface area contributed by atoms with Crippen LogP contribution in [0.25, 0.3) is 5.65 Å². The van der Waals surface area contributed by atoms with Crippen LogP contribution in [0.3, 0.4) is 0 Å². The summed E-state index contributed by atoms with van der Waals surface area (Å²) in [6, 6.07) is 13.8. The predicted octanol–water partition coefficient (Wildman–Crippen LogP) is 2.62. The van der Waals surface area contributed by atoms with E-state index in [2.05, 4.69) is 10.2 Å². The van der Waals surface area contributed by atoms with Crippen molar-refractivity contribution in [1.29, 1.82) is 0 Å². The number of ether oxygens (including phenoxy) is 1. The van der Waals surface area contributed by atoms with Gasteiger partial charge in [-0.25, -0.2) is 0 Å². The molecule has 0 N–H and O–H groups in total. The number of benzene rings is 1. The molecule has 3 rings (SSSR count). The van der Waals surface area contributed by atoms with Crippen LogP contribution < -0.4 is 4.74 Å². The third-order valence-electron chi connectivity index (χ3n) is 2.83. The number of aromatic nitrogens is 3. The van der Waals surface area contributed by atoms with E-state index in [4.69, 9.17) is 4.74 Å². The van der Waals surface area contributed by atoms with Gasteiger partial charge in [-0.2, -0.15) is 0 Å². The standard InChI is InChI=1S/C14H13N3O/c1-11-6-2-3-7-12(11)18-10-14-16-15-13-8-4-5-9-17(13)14/h2-9H,10H2,1H3.